The molecule has 9 nitrogen and oxygen atoms in total. The number of aromatic nitrogens is 5. The number of anilines is 1. The summed E-state index contributed by atoms with van der Waals surface area (Å²) in [6.07, 6.45) is 6.71. The van der Waals surface area contributed by atoms with Crippen LogP contribution in [0.4, 0.5) is 5.95 Å². The number of hydrogen-bond acceptors (Lipinski definition) is 6. The molecule has 0 amide bonds. The van der Waals surface area contributed by atoms with Crippen molar-refractivity contribution in [1.29, 1.82) is 0 Å². The zero-order valence-electron chi connectivity index (χ0n) is 14.9. The van der Waals surface area contributed by atoms with Crippen molar-refractivity contribution in [2.75, 3.05) is 31.1 Å². The van der Waals surface area contributed by atoms with Gasteiger partial charge in [0.2, 0.25) is 5.95 Å². The standard InChI is InChI=1S/C18H21N9/c19-17(25-8-10-26(11-9-25)18-21-6-1-7-22-18)23-12-15-2-4-16(5-3-15)27-14-20-13-24-27/h1-7,13-14H,8-12H2,(H2,19,23). The first-order valence-corrected chi connectivity index (χ1v) is 8.80. The molecule has 2 N–H and O–H groups in total. The van der Waals surface area contributed by atoms with Gasteiger partial charge in [0.1, 0.15) is 12.7 Å². The molecule has 0 spiro atoms. The Kier molecular flexibility index (Phi) is 4.91. The van der Waals surface area contributed by atoms with Gasteiger partial charge in [0.15, 0.2) is 5.96 Å². The van der Waals surface area contributed by atoms with Crippen LogP contribution >= 0.6 is 0 Å². The largest absolute Gasteiger partial charge is 0.370 e. The molecule has 3 heterocycles. The van der Waals surface area contributed by atoms with Gasteiger partial charge in [-0.1, -0.05) is 12.1 Å². The third-order valence-corrected chi connectivity index (χ3v) is 4.48. The zero-order valence-corrected chi connectivity index (χ0v) is 14.9. The molecule has 9 heteroatoms. The molecule has 1 fully saturated rings. The molecule has 4 rings (SSSR count). The summed E-state index contributed by atoms with van der Waals surface area (Å²) in [4.78, 5) is 21.4. The normalized spacial score (nSPS) is 15.2. The summed E-state index contributed by atoms with van der Waals surface area (Å²) >= 11 is 0. The minimum absolute atomic E-state index is 0.547. The third kappa shape index (κ3) is 4.02. The molecule has 3 aromatic rings. The smallest absolute Gasteiger partial charge is 0.225 e. The Labute approximate surface area is 157 Å². The molecule has 1 aromatic carbocycles. The average molecular weight is 363 g/mol. The maximum atomic E-state index is 6.19. The molecule has 2 aromatic heterocycles. The molecule has 0 bridgehead atoms. The van der Waals surface area contributed by atoms with Gasteiger partial charge in [0, 0.05) is 38.6 Å². The lowest BCUT2D eigenvalue weighted by atomic mass is 10.2. The molecule has 0 aliphatic carbocycles. The van der Waals surface area contributed by atoms with E-state index in [0.717, 1.165) is 43.4 Å². The zero-order chi connectivity index (χ0) is 18.5. The Bertz CT molecular complexity index is 867. The predicted molar refractivity (Wildman–Crippen MR) is 103 cm³/mol. The number of benzene rings is 1. The van der Waals surface area contributed by atoms with Crippen LogP contribution in [0.5, 0.6) is 0 Å². The Morgan fingerprint density at radius 1 is 1.04 bits per heavy atom. The minimum atomic E-state index is 0.547. The van der Waals surface area contributed by atoms with Crippen LogP contribution in [0.25, 0.3) is 5.69 Å². The summed E-state index contributed by atoms with van der Waals surface area (Å²) < 4.78 is 1.72. The second kappa shape index (κ2) is 7.81. The van der Waals surface area contributed by atoms with Crippen molar-refractivity contribution in [1.82, 2.24) is 29.6 Å². The molecule has 1 saturated heterocycles. The van der Waals surface area contributed by atoms with Gasteiger partial charge in [-0.25, -0.2) is 24.6 Å². The van der Waals surface area contributed by atoms with Crippen LogP contribution < -0.4 is 10.6 Å². The second-order valence-corrected chi connectivity index (χ2v) is 6.20. The lowest BCUT2D eigenvalue weighted by Gasteiger charge is -2.35. The summed E-state index contributed by atoms with van der Waals surface area (Å²) in [5.41, 5.74) is 8.25. The van der Waals surface area contributed by atoms with Crippen LogP contribution in [0, 0.1) is 0 Å². The summed E-state index contributed by atoms with van der Waals surface area (Å²) in [5, 5.41) is 4.12. The Balaban J connectivity index is 1.32. The number of nitrogens with two attached hydrogens (primary N) is 1. The molecule has 1 aliphatic rings. The van der Waals surface area contributed by atoms with Crippen molar-refractivity contribution in [3.8, 4) is 5.69 Å². The molecule has 0 saturated carbocycles. The van der Waals surface area contributed by atoms with Gasteiger partial charge in [0.25, 0.3) is 0 Å². The molecule has 0 unspecified atom stereocenters. The SMILES string of the molecule is NC(=NCc1ccc(-n2cncn2)cc1)N1CCN(c2ncccn2)CC1. The molecule has 0 radical (unpaired) electrons. The van der Waals surface area contributed by atoms with E-state index < -0.39 is 0 Å². The molecule has 27 heavy (non-hydrogen) atoms. The molecular formula is C18H21N9. The lowest BCUT2D eigenvalue weighted by Crippen LogP contribution is -2.51. The lowest BCUT2D eigenvalue weighted by molar-refractivity contribution is 0.378. The first kappa shape index (κ1) is 17.0. The average Bonchev–Trinajstić information content (AvgIpc) is 3.28. The van der Waals surface area contributed by atoms with Gasteiger partial charge in [-0.15, -0.1) is 0 Å². The van der Waals surface area contributed by atoms with Crippen LogP contribution in [0.3, 0.4) is 0 Å². The first-order chi connectivity index (χ1) is 13.3. The first-order valence-electron chi connectivity index (χ1n) is 8.80. The summed E-state index contributed by atoms with van der Waals surface area (Å²) in [7, 11) is 0. The van der Waals surface area contributed by atoms with E-state index in [0.29, 0.717) is 12.5 Å². The van der Waals surface area contributed by atoms with Crippen molar-refractivity contribution >= 4 is 11.9 Å². The Morgan fingerprint density at radius 3 is 2.44 bits per heavy atom. The van der Waals surface area contributed by atoms with Crippen molar-refractivity contribution in [3.63, 3.8) is 0 Å². The van der Waals surface area contributed by atoms with Crippen molar-refractivity contribution in [3.05, 3.63) is 60.9 Å². The van der Waals surface area contributed by atoms with Crippen molar-refractivity contribution < 1.29 is 0 Å². The highest BCUT2D eigenvalue weighted by atomic mass is 15.4. The van der Waals surface area contributed by atoms with Crippen molar-refractivity contribution in [2.24, 2.45) is 10.7 Å². The van der Waals surface area contributed by atoms with Gasteiger partial charge in [-0.3, -0.25) is 0 Å². The highest BCUT2D eigenvalue weighted by Gasteiger charge is 2.19. The van der Waals surface area contributed by atoms with Crippen LogP contribution in [0.2, 0.25) is 0 Å². The number of piperazine rings is 1. The van der Waals surface area contributed by atoms with E-state index in [1.54, 1.807) is 23.4 Å². The highest BCUT2D eigenvalue weighted by Crippen LogP contribution is 2.11. The summed E-state index contributed by atoms with van der Waals surface area (Å²) in [6, 6.07) is 9.86. The fraction of sp³-hybridized carbons (Fsp3) is 0.278. The fourth-order valence-corrected chi connectivity index (χ4v) is 2.96. The Hall–Kier alpha value is -3.49. The van der Waals surface area contributed by atoms with E-state index in [4.69, 9.17) is 5.73 Å². The predicted octanol–water partition coefficient (Wildman–Crippen LogP) is 0.694. The molecule has 0 atom stereocenters. The number of rotatable bonds is 4. The van der Waals surface area contributed by atoms with E-state index in [2.05, 4.69) is 34.8 Å². The van der Waals surface area contributed by atoms with E-state index in [9.17, 15) is 0 Å². The molecule has 138 valence electrons. The summed E-state index contributed by atoms with van der Waals surface area (Å²) in [6.45, 7) is 3.81. The Morgan fingerprint density at radius 2 is 1.78 bits per heavy atom. The summed E-state index contributed by atoms with van der Waals surface area (Å²) in [5.74, 6) is 1.34. The topological polar surface area (TPSA) is 101 Å². The highest BCUT2D eigenvalue weighted by molar-refractivity contribution is 5.78. The van der Waals surface area contributed by atoms with Crippen LogP contribution in [0.15, 0.2) is 60.4 Å². The van der Waals surface area contributed by atoms with Crippen LogP contribution in [0.1, 0.15) is 5.56 Å². The van der Waals surface area contributed by atoms with Gasteiger partial charge < -0.3 is 15.5 Å². The number of guanidine groups is 1. The monoisotopic (exact) mass is 363 g/mol. The van der Waals surface area contributed by atoms with Gasteiger partial charge in [-0.05, 0) is 23.8 Å². The number of aliphatic imine (C=N–C) groups is 1. The number of hydrogen-bond donors (Lipinski definition) is 1. The van der Waals surface area contributed by atoms with Crippen molar-refractivity contribution in [2.45, 2.75) is 6.54 Å². The molecule has 1 aliphatic heterocycles. The van der Waals surface area contributed by atoms with Gasteiger partial charge in [0.05, 0.1) is 12.2 Å². The molecular weight excluding hydrogens is 342 g/mol. The van der Waals surface area contributed by atoms with E-state index in [-0.39, 0.29) is 0 Å². The fourth-order valence-electron chi connectivity index (χ4n) is 2.96. The van der Waals surface area contributed by atoms with Crippen LogP contribution in [-0.2, 0) is 6.54 Å². The quantitative estimate of drug-likeness (QED) is 0.538. The van der Waals surface area contributed by atoms with Gasteiger partial charge >= 0.3 is 0 Å². The number of nitrogens with zero attached hydrogens (tertiary/aromatic N) is 8. The van der Waals surface area contributed by atoms with Crippen LogP contribution in [-0.4, -0.2) is 61.8 Å². The maximum Gasteiger partial charge on any atom is 0.225 e. The van der Waals surface area contributed by atoms with E-state index in [1.165, 1.54) is 6.33 Å². The third-order valence-electron chi connectivity index (χ3n) is 4.48. The van der Waals surface area contributed by atoms with Gasteiger partial charge in [-0.2, -0.15) is 5.10 Å². The minimum Gasteiger partial charge on any atom is -0.370 e. The van der Waals surface area contributed by atoms with E-state index >= 15 is 0 Å². The van der Waals surface area contributed by atoms with E-state index in [1.807, 2.05) is 30.3 Å². The maximum absolute atomic E-state index is 6.19. The second-order valence-electron chi connectivity index (χ2n) is 6.20.